The fourth-order valence-corrected chi connectivity index (χ4v) is 1.74. The van der Waals surface area contributed by atoms with Crippen molar-refractivity contribution in [2.24, 2.45) is 11.8 Å². The quantitative estimate of drug-likeness (QED) is 0.623. The second-order valence-electron chi connectivity index (χ2n) is 5.63. The number of hydrogen-bond acceptors (Lipinski definition) is 3. The Balaban J connectivity index is 4.77. The Hall–Kier alpha value is -1.79. The van der Waals surface area contributed by atoms with Crippen LogP contribution in [0.1, 0.15) is 34.1 Å². The maximum Gasteiger partial charge on any atom is 0.326 e. The molecule has 0 aromatic carbocycles. The fourth-order valence-electron chi connectivity index (χ4n) is 1.74. The second-order valence-corrected chi connectivity index (χ2v) is 5.63. The zero-order chi connectivity index (χ0) is 15.9. The van der Waals surface area contributed by atoms with E-state index in [1.807, 2.05) is 27.7 Å². The minimum atomic E-state index is -1.41. The van der Waals surface area contributed by atoms with Gasteiger partial charge in [-0.1, -0.05) is 27.7 Å². The van der Waals surface area contributed by atoms with Gasteiger partial charge >= 0.3 is 18.0 Å². The number of carboxylic acid groups (broad SMARTS) is 2. The van der Waals surface area contributed by atoms with Gasteiger partial charge in [-0.3, -0.25) is 4.79 Å². The van der Waals surface area contributed by atoms with Gasteiger partial charge in [0.2, 0.25) is 0 Å². The van der Waals surface area contributed by atoms with Crippen molar-refractivity contribution in [1.29, 1.82) is 0 Å². The van der Waals surface area contributed by atoms with Gasteiger partial charge in [0.1, 0.15) is 6.04 Å². The monoisotopic (exact) mass is 288 g/mol. The molecule has 0 aliphatic rings. The summed E-state index contributed by atoms with van der Waals surface area (Å²) in [4.78, 5) is 35.1. The van der Waals surface area contributed by atoms with Crippen LogP contribution in [0.15, 0.2) is 0 Å². The first-order valence-corrected chi connectivity index (χ1v) is 6.63. The van der Waals surface area contributed by atoms with Gasteiger partial charge < -0.3 is 20.4 Å². The third-order valence-electron chi connectivity index (χ3n) is 2.43. The average molecular weight is 288 g/mol. The number of nitrogens with one attached hydrogen (secondary N) is 1. The van der Waals surface area contributed by atoms with Crippen molar-refractivity contribution >= 4 is 18.0 Å². The molecule has 2 amide bonds. The number of urea groups is 1. The maximum atomic E-state index is 12.1. The summed E-state index contributed by atoms with van der Waals surface area (Å²) in [6.45, 7) is 8.78. The molecular formula is C13H24N2O5. The number of carboxylic acids is 2. The summed E-state index contributed by atoms with van der Waals surface area (Å²) in [5, 5.41) is 19.8. The number of hydrogen-bond donors (Lipinski definition) is 3. The van der Waals surface area contributed by atoms with E-state index in [1.165, 1.54) is 4.90 Å². The van der Waals surface area contributed by atoms with Crippen LogP contribution < -0.4 is 5.32 Å². The first-order chi connectivity index (χ1) is 9.13. The molecule has 0 saturated carbocycles. The first-order valence-electron chi connectivity index (χ1n) is 6.63. The Morgan fingerprint density at radius 2 is 1.45 bits per heavy atom. The number of aliphatic carboxylic acids is 2. The third-order valence-corrected chi connectivity index (χ3v) is 2.43. The lowest BCUT2D eigenvalue weighted by atomic mass is 10.1. The lowest BCUT2D eigenvalue weighted by Gasteiger charge is -2.27. The van der Waals surface area contributed by atoms with E-state index in [9.17, 15) is 14.4 Å². The molecule has 0 spiro atoms. The molecule has 0 bridgehead atoms. The van der Waals surface area contributed by atoms with Gasteiger partial charge in [-0.25, -0.2) is 9.59 Å². The predicted octanol–water partition coefficient (Wildman–Crippen LogP) is 1.24. The molecule has 0 saturated heterocycles. The van der Waals surface area contributed by atoms with Crippen LogP contribution in [0.4, 0.5) is 4.79 Å². The van der Waals surface area contributed by atoms with Crippen molar-refractivity contribution in [3.8, 4) is 0 Å². The summed E-state index contributed by atoms with van der Waals surface area (Å²) in [6, 6.07) is -1.96. The first kappa shape index (κ1) is 18.2. The van der Waals surface area contributed by atoms with E-state index >= 15 is 0 Å². The molecule has 0 rings (SSSR count). The van der Waals surface area contributed by atoms with E-state index in [2.05, 4.69) is 5.32 Å². The molecule has 7 nitrogen and oxygen atoms in total. The number of amides is 2. The molecule has 0 aliphatic heterocycles. The van der Waals surface area contributed by atoms with E-state index < -0.39 is 30.4 Å². The summed E-state index contributed by atoms with van der Waals surface area (Å²) >= 11 is 0. The molecule has 1 atom stereocenters. The highest BCUT2D eigenvalue weighted by Crippen LogP contribution is 2.05. The molecule has 116 valence electrons. The van der Waals surface area contributed by atoms with Gasteiger partial charge in [0.25, 0.3) is 0 Å². The highest BCUT2D eigenvalue weighted by molar-refractivity contribution is 5.86. The summed E-state index contributed by atoms with van der Waals surface area (Å²) in [6.07, 6.45) is -0.641. The van der Waals surface area contributed by atoms with E-state index in [-0.39, 0.29) is 11.8 Å². The molecule has 0 aromatic heterocycles. The Morgan fingerprint density at radius 1 is 1.00 bits per heavy atom. The number of carbonyl (C=O) groups excluding carboxylic acids is 1. The van der Waals surface area contributed by atoms with Crippen molar-refractivity contribution in [2.45, 2.75) is 40.2 Å². The van der Waals surface area contributed by atoms with Crippen molar-refractivity contribution in [2.75, 3.05) is 13.1 Å². The zero-order valence-electron chi connectivity index (χ0n) is 12.4. The van der Waals surface area contributed by atoms with Crippen molar-refractivity contribution in [3.63, 3.8) is 0 Å². The number of carbonyl (C=O) groups is 3. The fraction of sp³-hybridized carbons (Fsp3) is 0.769. The van der Waals surface area contributed by atoms with Crippen LogP contribution in [0, 0.1) is 11.8 Å². The van der Waals surface area contributed by atoms with Crippen LogP contribution in [0.5, 0.6) is 0 Å². The summed E-state index contributed by atoms with van der Waals surface area (Å²) in [5.74, 6) is -2.14. The summed E-state index contributed by atoms with van der Waals surface area (Å²) < 4.78 is 0. The average Bonchev–Trinajstić information content (AvgIpc) is 2.24. The predicted molar refractivity (Wildman–Crippen MR) is 73.5 cm³/mol. The van der Waals surface area contributed by atoms with Gasteiger partial charge in [0, 0.05) is 13.1 Å². The standard InChI is InChI=1S/C13H24N2O5/c1-8(2)6-15(7-9(3)4)13(20)14-10(12(18)19)5-11(16)17/h8-10H,5-7H2,1-4H3,(H,14,20)(H,16,17)(H,18,19)/t10-/m0/s1. The van der Waals surface area contributed by atoms with E-state index in [1.54, 1.807) is 0 Å². The maximum absolute atomic E-state index is 12.1. The van der Waals surface area contributed by atoms with Gasteiger partial charge in [-0.15, -0.1) is 0 Å². The number of nitrogens with zero attached hydrogens (tertiary/aromatic N) is 1. The lowest BCUT2D eigenvalue weighted by molar-refractivity contribution is -0.145. The van der Waals surface area contributed by atoms with E-state index in [4.69, 9.17) is 10.2 Å². The Morgan fingerprint density at radius 3 is 1.75 bits per heavy atom. The Kier molecular flexibility index (Phi) is 7.64. The van der Waals surface area contributed by atoms with E-state index in [0.29, 0.717) is 13.1 Å². The lowest BCUT2D eigenvalue weighted by Crippen LogP contribution is -2.50. The van der Waals surface area contributed by atoms with Crippen LogP contribution >= 0.6 is 0 Å². The zero-order valence-corrected chi connectivity index (χ0v) is 12.4. The minimum absolute atomic E-state index is 0.238. The van der Waals surface area contributed by atoms with Crippen LogP contribution in [-0.2, 0) is 9.59 Å². The van der Waals surface area contributed by atoms with Crippen molar-refractivity contribution < 1.29 is 24.6 Å². The number of rotatable bonds is 8. The smallest absolute Gasteiger partial charge is 0.326 e. The van der Waals surface area contributed by atoms with E-state index in [0.717, 1.165) is 0 Å². The van der Waals surface area contributed by atoms with Crippen LogP contribution in [0.25, 0.3) is 0 Å². The second kappa shape index (κ2) is 8.39. The summed E-state index contributed by atoms with van der Waals surface area (Å²) in [5.41, 5.74) is 0. The molecule has 0 aromatic rings. The largest absolute Gasteiger partial charge is 0.481 e. The van der Waals surface area contributed by atoms with Crippen LogP contribution in [-0.4, -0.2) is 52.2 Å². The normalized spacial score (nSPS) is 12.3. The van der Waals surface area contributed by atoms with Crippen molar-refractivity contribution in [1.82, 2.24) is 10.2 Å². The van der Waals surface area contributed by atoms with Gasteiger partial charge in [0.05, 0.1) is 6.42 Å². The molecule has 0 aliphatic carbocycles. The van der Waals surface area contributed by atoms with Crippen molar-refractivity contribution in [3.05, 3.63) is 0 Å². The topological polar surface area (TPSA) is 107 Å². The van der Waals surface area contributed by atoms with Gasteiger partial charge in [-0.2, -0.15) is 0 Å². The van der Waals surface area contributed by atoms with Crippen LogP contribution in [0.2, 0.25) is 0 Å². The molecule has 0 fully saturated rings. The Labute approximate surface area is 119 Å². The molecule has 3 N–H and O–H groups in total. The van der Waals surface area contributed by atoms with Crippen LogP contribution in [0.3, 0.4) is 0 Å². The summed E-state index contributed by atoms with van der Waals surface area (Å²) in [7, 11) is 0. The molecule has 0 heterocycles. The van der Waals surface area contributed by atoms with Gasteiger partial charge in [-0.05, 0) is 11.8 Å². The minimum Gasteiger partial charge on any atom is -0.481 e. The molecule has 20 heavy (non-hydrogen) atoms. The molecule has 0 unspecified atom stereocenters. The third kappa shape index (κ3) is 7.60. The molecule has 7 heteroatoms. The molecule has 0 radical (unpaired) electrons. The highest BCUT2D eigenvalue weighted by atomic mass is 16.4. The Bertz CT molecular complexity index is 345. The molecular weight excluding hydrogens is 264 g/mol. The SMILES string of the molecule is CC(C)CN(CC(C)C)C(=O)N[C@@H](CC(=O)O)C(=O)O. The highest BCUT2D eigenvalue weighted by Gasteiger charge is 2.26. The van der Waals surface area contributed by atoms with Gasteiger partial charge in [0.15, 0.2) is 0 Å².